The van der Waals surface area contributed by atoms with Crippen LogP contribution < -0.4 is 10.1 Å². The van der Waals surface area contributed by atoms with Gasteiger partial charge in [0.2, 0.25) is 0 Å². The number of thioether (sulfide) groups is 1. The average molecular weight is 564 g/mol. The summed E-state index contributed by atoms with van der Waals surface area (Å²) in [6, 6.07) is 9.35. The number of aromatic nitrogens is 3. The van der Waals surface area contributed by atoms with Gasteiger partial charge in [-0.25, -0.2) is 9.67 Å². The van der Waals surface area contributed by atoms with Crippen molar-refractivity contribution in [3.63, 3.8) is 0 Å². The van der Waals surface area contributed by atoms with Crippen molar-refractivity contribution in [3.8, 4) is 22.8 Å². The molecule has 0 radical (unpaired) electrons. The normalized spacial score (nSPS) is 14.9. The van der Waals surface area contributed by atoms with E-state index in [0.29, 0.717) is 34.3 Å². The number of carbonyl (C=O) groups excluding carboxylic acids is 2. The maximum absolute atomic E-state index is 12.1. The van der Waals surface area contributed by atoms with Crippen LogP contribution in [0.5, 0.6) is 5.75 Å². The average Bonchev–Trinajstić information content (AvgIpc) is 3.31. The zero-order valence-corrected chi connectivity index (χ0v) is 20.3. The summed E-state index contributed by atoms with van der Waals surface area (Å²) in [5, 5.41) is 6.60. The van der Waals surface area contributed by atoms with Crippen LogP contribution in [-0.4, -0.2) is 32.5 Å². The van der Waals surface area contributed by atoms with Crippen molar-refractivity contribution in [2.24, 2.45) is 0 Å². The molecule has 0 unspecified atom stereocenters. The van der Waals surface area contributed by atoms with Gasteiger partial charge in [0, 0.05) is 23.5 Å². The highest BCUT2D eigenvalue weighted by Gasteiger charge is 2.26. The van der Waals surface area contributed by atoms with Crippen molar-refractivity contribution in [1.82, 2.24) is 20.1 Å². The predicted octanol–water partition coefficient (Wildman–Crippen LogP) is 5.57. The fraction of sp³-hybridized carbons (Fsp3) is 0.143. The Morgan fingerprint density at radius 3 is 2.61 bits per heavy atom. The van der Waals surface area contributed by atoms with E-state index >= 15 is 0 Å². The molecule has 3 heterocycles. The lowest BCUT2D eigenvalue weighted by molar-refractivity contribution is -0.115. The first-order valence-electron chi connectivity index (χ1n) is 9.34. The van der Waals surface area contributed by atoms with E-state index in [-0.39, 0.29) is 0 Å². The SMILES string of the molecule is CCCOc1c(Br)cc(-c2nn(-c3ccccn3)cc2/C=C2\SC(=O)NC2=O)cc1Br. The van der Waals surface area contributed by atoms with Crippen LogP contribution in [0, 0.1) is 0 Å². The van der Waals surface area contributed by atoms with Crippen molar-refractivity contribution in [1.29, 1.82) is 0 Å². The molecule has 1 N–H and O–H groups in total. The molecular weight excluding hydrogens is 548 g/mol. The van der Waals surface area contributed by atoms with E-state index in [1.54, 1.807) is 23.2 Å². The van der Waals surface area contributed by atoms with Crippen molar-refractivity contribution in [2.75, 3.05) is 6.61 Å². The molecule has 1 saturated heterocycles. The van der Waals surface area contributed by atoms with Crippen molar-refractivity contribution >= 4 is 60.8 Å². The number of ether oxygens (including phenoxy) is 1. The molecule has 1 fully saturated rings. The number of imide groups is 1. The van der Waals surface area contributed by atoms with Gasteiger partial charge in [0.15, 0.2) is 5.82 Å². The highest BCUT2D eigenvalue weighted by atomic mass is 79.9. The summed E-state index contributed by atoms with van der Waals surface area (Å²) in [4.78, 5) is 28.3. The topological polar surface area (TPSA) is 86.1 Å². The van der Waals surface area contributed by atoms with Gasteiger partial charge in [0.1, 0.15) is 11.4 Å². The maximum Gasteiger partial charge on any atom is 0.290 e. The summed E-state index contributed by atoms with van der Waals surface area (Å²) < 4.78 is 9.01. The standard InChI is InChI=1S/C21H16Br2N4O3S/c1-2-7-30-19-14(22)8-12(9-15(19)23)18-13(10-16-20(28)25-21(29)31-16)11-27(26-18)17-5-3-4-6-24-17/h3-6,8-11H,2,7H2,1H3,(H,25,28,29)/b16-10-. The van der Waals surface area contributed by atoms with E-state index in [1.165, 1.54) is 0 Å². The number of amides is 2. The van der Waals surface area contributed by atoms with E-state index in [2.05, 4.69) is 42.2 Å². The number of hydrogen-bond donors (Lipinski definition) is 1. The van der Waals surface area contributed by atoms with Crippen LogP contribution in [-0.2, 0) is 4.79 Å². The van der Waals surface area contributed by atoms with Crippen LogP contribution in [0.25, 0.3) is 23.2 Å². The smallest absolute Gasteiger partial charge is 0.290 e. The zero-order chi connectivity index (χ0) is 22.0. The second-order valence-corrected chi connectivity index (χ2v) is 9.26. The van der Waals surface area contributed by atoms with Gasteiger partial charge in [-0.1, -0.05) is 13.0 Å². The van der Waals surface area contributed by atoms with Crippen LogP contribution in [0.1, 0.15) is 18.9 Å². The minimum Gasteiger partial charge on any atom is -0.491 e. The lowest BCUT2D eigenvalue weighted by Crippen LogP contribution is -2.17. The molecule has 1 aromatic carbocycles. The fourth-order valence-corrected chi connectivity index (χ4v) is 5.01. The molecule has 0 atom stereocenters. The first-order chi connectivity index (χ1) is 15.0. The van der Waals surface area contributed by atoms with Gasteiger partial charge < -0.3 is 4.74 Å². The lowest BCUT2D eigenvalue weighted by Gasteiger charge is -2.11. The fourth-order valence-electron chi connectivity index (χ4n) is 2.92. The first-order valence-corrected chi connectivity index (χ1v) is 11.7. The Labute approximate surface area is 199 Å². The number of benzene rings is 1. The number of pyridine rings is 1. The monoisotopic (exact) mass is 562 g/mol. The van der Waals surface area contributed by atoms with E-state index in [1.807, 2.05) is 37.3 Å². The molecule has 0 aliphatic carbocycles. The summed E-state index contributed by atoms with van der Waals surface area (Å²) in [6.45, 7) is 2.64. The van der Waals surface area contributed by atoms with Gasteiger partial charge in [-0.05, 0) is 80.4 Å². The molecule has 2 amide bonds. The third-order valence-electron chi connectivity index (χ3n) is 4.28. The summed E-state index contributed by atoms with van der Waals surface area (Å²) in [7, 11) is 0. The van der Waals surface area contributed by atoms with Gasteiger partial charge in [0.25, 0.3) is 11.1 Å². The Kier molecular flexibility index (Phi) is 6.59. The van der Waals surface area contributed by atoms with Gasteiger partial charge >= 0.3 is 0 Å². The van der Waals surface area contributed by atoms with Crippen LogP contribution >= 0.6 is 43.6 Å². The second kappa shape index (κ2) is 9.37. The molecule has 7 nitrogen and oxygen atoms in total. The molecule has 0 saturated carbocycles. The predicted molar refractivity (Wildman–Crippen MR) is 127 cm³/mol. The largest absolute Gasteiger partial charge is 0.491 e. The van der Waals surface area contributed by atoms with Crippen molar-refractivity contribution < 1.29 is 14.3 Å². The maximum atomic E-state index is 12.1. The van der Waals surface area contributed by atoms with Gasteiger partial charge in [-0.2, -0.15) is 5.10 Å². The molecule has 0 spiro atoms. The number of carbonyl (C=O) groups is 2. The number of nitrogens with zero attached hydrogens (tertiary/aromatic N) is 3. The van der Waals surface area contributed by atoms with Gasteiger partial charge in [-0.3, -0.25) is 14.9 Å². The van der Waals surface area contributed by atoms with E-state index in [0.717, 1.165) is 32.7 Å². The Bertz CT molecular complexity index is 1170. The van der Waals surface area contributed by atoms with Crippen molar-refractivity contribution in [2.45, 2.75) is 13.3 Å². The lowest BCUT2D eigenvalue weighted by atomic mass is 10.1. The number of rotatable bonds is 6. The highest BCUT2D eigenvalue weighted by Crippen LogP contribution is 2.39. The third-order valence-corrected chi connectivity index (χ3v) is 6.27. The second-order valence-electron chi connectivity index (χ2n) is 6.54. The molecule has 158 valence electrons. The molecular formula is C21H16Br2N4O3S. The van der Waals surface area contributed by atoms with E-state index in [9.17, 15) is 9.59 Å². The first kappa shape index (κ1) is 21.8. The molecule has 31 heavy (non-hydrogen) atoms. The summed E-state index contributed by atoms with van der Waals surface area (Å²) >= 11 is 8.02. The number of nitrogens with one attached hydrogen (secondary N) is 1. The minimum atomic E-state index is -0.419. The summed E-state index contributed by atoms with van der Waals surface area (Å²) in [5.74, 6) is 0.928. The van der Waals surface area contributed by atoms with Crippen LogP contribution in [0.3, 0.4) is 0 Å². The highest BCUT2D eigenvalue weighted by molar-refractivity contribution is 9.11. The Hall–Kier alpha value is -2.43. The third kappa shape index (κ3) is 4.76. The molecule has 1 aliphatic heterocycles. The van der Waals surface area contributed by atoms with Gasteiger partial charge in [-0.15, -0.1) is 0 Å². The Balaban J connectivity index is 1.83. The summed E-state index contributed by atoms with van der Waals surface area (Å²) in [6.07, 6.45) is 6.02. The molecule has 10 heteroatoms. The molecule has 0 bridgehead atoms. The van der Waals surface area contributed by atoms with Crippen LogP contribution in [0.2, 0.25) is 0 Å². The zero-order valence-electron chi connectivity index (χ0n) is 16.3. The minimum absolute atomic E-state index is 0.313. The molecule has 3 aromatic rings. The van der Waals surface area contributed by atoms with Gasteiger partial charge in [0.05, 0.1) is 20.5 Å². The molecule has 4 rings (SSSR count). The Morgan fingerprint density at radius 1 is 1.23 bits per heavy atom. The van der Waals surface area contributed by atoms with Crippen LogP contribution in [0.15, 0.2) is 56.6 Å². The van der Waals surface area contributed by atoms with E-state index < -0.39 is 11.1 Å². The quantitative estimate of drug-likeness (QED) is 0.394. The van der Waals surface area contributed by atoms with Crippen LogP contribution in [0.4, 0.5) is 4.79 Å². The number of halogens is 2. The molecule has 2 aromatic heterocycles. The van der Waals surface area contributed by atoms with E-state index in [4.69, 9.17) is 9.84 Å². The number of hydrogen-bond acceptors (Lipinski definition) is 6. The summed E-state index contributed by atoms with van der Waals surface area (Å²) in [5.41, 5.74) is 2.12. The van der Waals surface area contributed by atoms with Crippen molar-refractivity contribution in [3.05, 3.63) is 62.1 Å². The molecule has 1 aliphatic rings. The Morgan fingerprint density at radius 2 is 2.00 bits per heavy atom.